The monoisotopic (exact) mass is 1760 g/mol. The van der Waals surface area contributed by atoms with Gasteiger partial charge in [-0.3, -0.25) is 39.6 Å². The average Bonchev–Trinajstić information content (AvgIpc) is 0.964. The summed E-state index contributed by atoms with van der Waals surface area (Å²) in [6.07, 6.45) is 28.0. The Bertz CT molecular complexity index is 5900. The molecule has 0 bridgehead atoms. The van der Waals surface area contributed by atoms with Gasteiger partial charge in [0, 0.05) is 161 Å². The van der Waals surface area contributed by atoms with E-state index in [1.54, 1.807) is 50.0 Å². The maximum absolute atomic E-state index is 13.9. The number of nitro benzene ring substituents is 2. The lowest BCUT2D eigenvalue weighted by Crippen LogP contribution is -2.47. The Morgan fingerprint density at radius 1 is 0.548 bits per heavy atom. The number of H-pyrrole nitrogens is 2. The van der Waals surface area contributed by atoms with Crippen molar-refractivity contribution < 1.29 is 60.0 Å². The van der Waals surface area contributed by atoms with Crippen molar-refractivity contribution in [2.24, 2.45) is 16.7 Å². The fourth-order valence-corrected chi connectivity index (χ4v) is 20.4. The number of aromatic nitrogens is 6. The molecule has 6 aromatic heterocycles. The molecule has 124 heavy (non-hydrogen) atoms. The molecule has 5 fully saturated rings. The van der Waals surface area contributed by atoms with E-state index in [-0.39, 0.29) is 40.7 Å². The van der Waals surface area contributed by atoms with Crippen molar-refractivity contribution in [3.63, 3.8) is 0 Å². The van der Waals surface area contributed by atoms with Gasteiger partial charge in [0.15, 0.2) is 22.9 Å². The van der Waals surface area contributed by atoms with Gasteiger partial charge in [-0.05, 0) is 202 Å². The molecule has 4 aromatic carbocycles. The number of allylic oxidation sites excluding steroid dienone is 2. The molecule has 3 aliphatic heterocycles. The lowest BCUT2D eigenvalue weighted by Gasteiger charge is -2.47. The summed E-state index contributed by atoms with van der Waals surface area (Å²) in [6, 6.07) is 34.5. The number of halogens is 2. The van der Waals surface area contributed by atoms with Crippen LogP contribution in [0.4, 0.5) is 22.7 Å². The number of carbonyl (C=O) groups is 2. The largest absolute Gasteiger partial charge is 0.453 e. The number of aromatic amines is 2. The standard InChI is InChI=1S/C46H50ClN7O7S.C45H50ClN7O8S/c47-36-7-4-32(5-8-36)40-27-46(14-1-15-46)16-10-35(40)30-52-18-20-53(21-19-52)37-25-42(61-38-24-34-11-17-48-44(34)50-29-38)43(49-28-37)45(55)51-62(58,59)39-9-6-33(41(26-39)54(56)57)3-2-31-12-22-60-23-13-31;1-59-22-23-60-21-2-4-32-7-10-38(26-40(32)53(55)56)62(57,58)50-44(54)42-41(61-37-24-33-12-16-47-43(33)49-29-37)25-36(28-48-42)52-19-17-51(18-20-52)30-34-11-15-45(13-3-14-45)27-39(34)31-5-8-35(46)9-6-31/h4-9,11,17,24-26,28-29,31H,1-3,10,12-16,18-23,27,30H2,(H,48,50)(H,51,55);5-10,12,16,24-26,28-29H,2-4,11,13-15,17-23,27,30H2,1H3,(H,47,49)(H,50,54). The average molecular weight is 1760 g/mol. The van der Waals surface area contributed by atoms with Crippen molar-refractivity contribution in [2.45, 2.75) is 125 Å². The van der Waals surface area contributed by atoms with Gasteiger partial charge in [0.05, 0.1) is 69.0 Å². The molecule has 7 aliphatic rings. The molecule has 3 saturated heterocycles. The predicted molar refractivity (Wildman–Crippen MR) is 474 cm³/mol. The first-order valence-electron chi connectivity index (χ1n) is 42.4. The Labute approximate surface area is 729 Å². The molecule has 0 unspecified atom stereocenters. The Kier molecular flexibility index (Phi) is 26.9. The van der Waals surface area contributed by atoms with Gasteiger partial charge < -0.3 is 43.5 Å². The van der Waals surface area contributed by atoms with Gasteiger partial charge in [-0.2, -0.15) is 0 Å². The van der Waals surface area contributed by atoms with Crippen LogP contribution in [-0.4, -0.2) is 184 Å². The van der Waals surface area contributed by atoms with Crippen LogP contribution >= 0.6 is 23.2 Å². The third-order valence-electron chi connectivity index (χ3n) is 25.6. The van der Waals surface area contributed by atoms with Crippen molar-refractivity contribution in [1.29, 1.82) is 0 Å². The number of pyridine rings is 4. The Balaban J connectivity index is 0.000000183. The Morgan fingerprint density at radius 2 is 1.00 bits per heavy atom. The molecule has 0 radical (unpaired) electrons. The Hall–Kier alpha value is -10.7. The number of fused-ring (bicyclic) bond motifs is 2. The lowest BCUT2D eigenvalue weighted by molar-refractivity contribution is -0.385. The molecule has 10 aromatic rings. The SMILES string of the molecule is COCCOCCCc1ccc(S(=O)(=O)NC(=O)c2ncc(N3CCN(CC4=C(c5ccc(Cl)cc5)CC5(CCC5)CC4)CC3)cc2Oc2cnc3[nH]ccc3c2)cc1[N+](=O)[O-].O=C(NS(=O)(=O)c1ccc(CCC2CCOCC2)c([N+](=O)[O-])c1)c1ncc(N2CCN(CC3=C(c4ccc(Cl)cc4)CC4(CCC4)CC3)CC2)cc1Oc1cnc2[nH]ccc2c1. The highest BCUT2D eigenvalue weighted by Gasteiger charge is 2.43. The number of anilines is 2. The zero-order chi connectivity index (χ0) is 86.1. The zero-order valence-corrected chi connectivity index (χ0v) is 72.2. The van der Waals surface area contributed by atoms with E-state index in [0.29, 0.717) is 134 Å². The highest BCUT2D eigenvalue weighted by molar-refractivity contribution is 7.90. The zero-order valence-electron chi connectivity index (χ0n) is 69.1. The number of rotatable bonds is 30. The highest BCUT2D eigenvalue weighted by Crippen LogP contribution is 2.57. The quantitative estimate of drug-likeness (QED) is 0.0184. The minimum atomic E-state index is -4.58. The van der Waals surface area contributed by atoms with Gasteiger partial charge >= 0.3 is 0 Å². The summed E-state index contributed by atoms with van der Waals surface area (Å²) < 4.78 is 87.1. The van der Waals surface area contributed by atoms with Gasteiger partial charge in [0.1, 0.15) is 22.8 Å². The fourth-order valence-electron chi connectivity index (χ4n) is 18.2. The molecule has 4 aliphatic carbocycles. The van der Waals surface area contributed by atoms with Crippen LogP contribution in [0.5, 0.6) is 23.0 Å². The molecular weight excluding hydrogens is 1660 g/mol. The van der Waals surface area contributed by atoms with Gasteiger partial charge in [-0.25, -0.2) is 46.2 Å². The number of hydrogen-bond donors (Lipinski definition) is 4. The first-order chi connectivity index (χ1) is 60.0. The minimum Gasteiger partial charge on any atom is -0.453 e. The summed E-state index contributed by atoms with van der Waals surface area (Å²) in [5.41, 5.74) is 11.6. The van der Waals surface area contributed by atoms with E-state index in [1.165, 1.54) is 128 Å². The molecule has 2 spiro atoms. The summed E-state index contributed by atoms with van der Waals surface area (Å²) in [5.74, 6) is -1.03. The number of methoxy groups -OCH3 is 1. The summed E-state index contributed by atoms with van der Waals surface area (Å²) in [6.45, 7) is 10.3. The molecule has 17 rings (SSSR count). The number of carbonyl (C=O) groups excluding carboxylic acids is 2. The smallest absolute Gasteiger partial charge is 0.287 e. The normalized spacial score (nSPS) is 17.6. The maximum Gasteiger partial charge on any atom is 0.287 e. The van der Waals surface area contributed by atoms with E-state index < -0.39 is 51.5 Å². The van der Waals surface area contributed by atoms with Crippen LogP contribution in [-0.2, 0) is 47.1 Å². The van der Waals surface area contributed by atoms with E-state index in [9.17, 15) is 46.7 Å². The molecule has 33 heteroatoms. The van der Waals surface area contributed by atoms with E-state index >= 15 is 0 Å². The number of piperazine rings is 2. The van der Waals surface area contributed by atoms with Crippen LogP contribution in [0.1, 0.15) is 146 Å². The third kappa shape index (κ3) is 20.6. The number of ether oxygens (including phenoxy) is 5. The second kappa shape index (κ2) is 38.4. The van der Waals surface area contributed by atoms with Crippen molar-refractivity contribution in [2.75, 3.05) is 115 Å². The van der Waals surface area contributed by atoms with Crippen molar-refractivity contribution in [3.05, 3.63) is 234 Å². The number of nitro groups is 2. The number of benzene rings is 4. The predicted octanol–water partition coefficient (Wildman–Crippen LogP) is 16.7. The second-order valence-electron chi connectivity index (χ2n) is 33.5. The van der Waals surface area contributed by atoms with Crippen LogP contribution < -0.4 is 28.7 Å². The lowest BCUT2D eigenvalue weighted by atomic mass is 9.59. The summed E-state index contributed by atoms with van der Waals surface area (Å²) >= 11 is 12.5. The van der Waals surface area contributed by atoms with Gasteiger partial charge in [0.2, 0.25) is 0 Å². The topological polar surface area (TPSA) is 355 Å². The van der Waals surface area contributed by atoms with Gasteiger partial charge in [-0.1, -0.05) is 83.6 Å². The molecule has 4 N–H and O–H groups in total. The van der Waals surface area contributed by atoms with Crippen LogP contribution in [0.15, 0.2) is 179 Å². The van der Waals surface area contributed by atoms with E-state index in [1.807, 2.05) is 36.4 Å². The maximum atomic E-state index is 13.9. The van der Waals surface area contributed by atoms with Crippen LogP contribution in [0.3, 0.4) is 0 Å². The number of sulfonamides is 2. The van der Waals surface area contributed by atoms with Gasteiger partial charge in [-0.15, -0.1) is 0 Å². The van der Waals surface area contributed by atoms with E-state index in [4.69, 9.17) is 46.9 Å². The molecule has 2 saturated carbocycles. The second-order valence-corrected chi connectivity index (χ2v) is 37.7. The first kappa shape index (κ1) is 86.8. The van der Waals surface area contributed by atoms with Crippen LogP contribution in [0, 0.1) is 37.0 Å². The van der Waals surface area contributed by atoms with Crippen molar-refractivity contribution in [1.82, 2.24) is 49.1 Å². The molecule has 29 nitrogen and oxygen atoms in total. The van der Waals surface area contributed by atoms with Gasteiger partial charge in [0.25, 0.3) is 43.2 Å². The Morgan fingerprint density at radius 3 is 1.43 bits per heavy atom. The van der Waals surface area contributed by atoms with Crippen LogP contribution in [0.2, 0.25) is 10.0 Å². The summed E-state index contributed by atoms with van der Waals surface area (Å²) in [7, 11) is -7.58. The fraction of sp³-hybridized carbons (Fsp3) is 0.407. The molecule has 2 amide bonds. The number of hydrogen-bond acceptors (Lipinski definition) is 23. The van der Waals surface area contributed by atoms with Crippen molar-refractivity contribution in [3.8, 4) is 23.0 Å². The first-order valence-corrected chi connectivity index (χ1v) is 46.2. The molecular formula is C91H100Cl2N14O15S2. The highest BCUT2D eigenvalue weighted by atomic mass is 35.5. The minimum absolute atomic E-state index is 0.0215. The number of aryl methyl sites for hydroxylation is 2. The molecule has 9 heterocycles. The number of nitrogens with zero attached hydrogens (tertiary/aromatic N) is 10. The van der Waals surface area contributed by atoms with Crippen LogP contribution in [0.25, 0.3) is 33.2 Å². The summed E-state index contributed by atoms with van der Waals surface area (Å²) in [4.78, 5) is 83.0. The number of amides is 2. The molecule has 650 valence electrons. The number of nitrogens with one attached hydrogen (secondary N) is 4. The van der Waals surface area contributed by atoms with E-state index in [0.717, 1.165) is 117 Å². The third-order valence-corrected chi connectivity index (χ3v) is 28.8. The van der Waals surface area contributed by atoms with E-state index in [2.05, 4.69) is 83.2 Å². The summed E-state index contributed by atoms with van der Waals surface area (Å²) in [5, 5.41) is 27.2. The molecule has 0 atom stereocenters. The van der Waals surface area contributed by atoms with Crippen molar-refractivity contribution >= 4 is 111 Å².